The minimum atomic E-state index is -0.397. The fraction of sp³-hybridized carbons (Fsp3) is 0.176. The number of halogens is 2. The highest BCUT2D eigenvalue weighted by Crippen LogP contribution is 2.32. The second-order valence-corrected chi connectivity index (χ2v) is 7.22. The SMILES string of the molecule is O=C1S[C@H](Cc2ccc(Cl)cc2)C(=O)N1Cc1ccccc1Cl. The molecule has 0 spiro atoms. The van der Waals surface area contributed by atoms with Gasteiger partial charge in [0.05, 0.1) is 11.8 Å². The van der Waals surface area contributed by atoms with Gasteiger partial charge in [-0.1, -0.05) is 65.3 Å². The summed E-state index contributed by atoms with van der Waals surface area (Å²) in [5.41, 5.74) is 1.75. The van der Waals surface area contributed by atoms with Crippen molar-refractivity contribution in [1.82, 2.24) is 4.90 Å². The number of benzene rings is 2. The monoisotopic (exact) mass is 365 g/mol. The van der Waals surface area contributed by atoms with Gasteiger partial charge in [-0.2, -0.15) is 0 Å². The van der Waals surface area contributed by atoms with Gasteiger partial charge >= 0.3 is 0 Å². The van der Waals surface area contributed by atoms with Crippen LogP contribution in [-0.4, -0.2) is 21.3 Å². The smallest absolute Gasteiger partial charge is 0.273 e. The van der Waals surface area contributed by atoms with Crippen LogP contribution in [0.4, 0.5) is 4.79 Å². The maximum absolute atomic E-state index is 12.5. The largest absolute Gasteiger partial charge is 0.289 e. The van der Waals surface area contributed by atoms with Crippen molar-refractivity contribution in [3.63, 3.8) is 0 Å². The molecular weight excluding hydrogens is 353 g/mol. The molecule has 0 radical (unpaired) electrons. The van der Waals surface area contributed by atoms with Crippen LogP contribution in [0.3, 0.4) is 0 Å². The molecule has 3 nitrogen and oxygen atoms in total. The van der Waals surface area contributed by atoms with Crippen molar-refractivity contribution in [3.05, 3.63) is 69.7 Å². The summed E-state index contributed by atoms with van der Waals surface area (Å²) in [6, 6.07) is 14.5. The van der Waals surface area contributed by atoms with E-state index >= 15 is 0 Å². The van der Waals surface area contributed by atoms with Gasteiger partial charge in [-0.25, -0.2) is 0 Å². The lowest BCUT2D eigenvalue weighted by Gasteiger charge is -2.15. The molecule has 0 aliphatic carbocycles. The first-order chi connectivity index (χ1) is 11.0. The molecule has 0 unspecified atom stereocenters. The summed E-state index contributed by atoms with van der Waals surface area (Å²) in [4.78, 5) is 25.9. The van der Waals surface area contributed by atoms with Crippen molar-refractivity contribution in [2.75, 3.05) is 0 Å². The Morgan fingerprint density at radius 1 is 1.00 bits per heavy atom. The van der Waals surface area contributed by atoms with E-state index in [0.717, 1.165) is 22.9 Å². The molecule has 2 aromatic rings. The van der Waals surface area contributed by atoms with E-state index in [4.69, 9.17) is 23.2 Å². The average molecular weight is 366 g/mol. The van der Waals surface area contributed by atoms with E-state index in [2.05, 4.69) is 0 Å². The second-order valence-electron chi connectivity index (χ2n) is 5.22. The molecule has 23 heavy (non-hydrogen) atoms. The van der Waals surface area contributed by atoms with Gasteiger partial charge in [0.2, 0.25) is 5.91 Å². The number of thioether (sulfide) groups is 1. The van der Waals surface area contributed by atoms with Crippen LogP contribution in [0, 0.1) is 0 Å². The summed E-state index contributed by atoms with van der Waals surface area (Å²) in [5.74, 6) is -0.171. The number of amides is 2. The molecule has 1 aliphatic rings. The molecule has 1 heterocycles. The number of imide groups is 1. The van der Waals surface area contributed by atoms with Crippen molar-refractivity contribution in [3.8, 4) is 0 Å². The Morgan fingerprint density at radius 3 is 2.39 bits per heavy atom. The number of hydrogen-bond donors (Lipinski definition) is 0. The van der Waals surface area contributed by atoms with Crippen LogP contribution in [0.25, 0.3) is 0 Å². The highest BCUT2D eigenvalue weighted by molar-refractivity contribution is 8.15. The minimum Gasteiger partial charge on any atom is -0.273 e. The number of nitrogens with zero attached hydrogens (tertiary/aromatic N) is 1. The van der Waals surface area contributed by atoms with Gasteiger partial charge < -0.3 is 0 Å². The summed E-state index contributed by atoms with van der Waals surface area (Å²) in [7, 11) is 0. The van der Waals surface area contributed by atoms with Gasteiger partial charge in [-0.3, -0.25) is 14.5 Å². The zero-order chi connectivity index (χ0) is 16.4. The Morgan fingerprint density at radius 2 is 1.70 bits per heavy atom. The standard InChI is InChI=1S/C17H13Cl2NO2S/c18-13-7-5-11(6-8-13)9-15-16(21)20(17(22)23-15)10-12-3-1-2-4-14(12)19/h1-8,15H,9-10H2/t15-/m1/s1. The summed E-state index contributed by atoms with van der Waals surface area (Å²) in [6.07, 6.45) is 0.505. The summed E-state index contributed by atoms with van der Waals surface area (Å²) in [5, 5.41) is 0.579. The normalized spacial score (nSPS) is 17.8. The van der Waals surface area contributed by atoms with Gasteiger partial charge in [-0.15, -0.1) is 0 Å². The van der Waals surface area contributed by atoms with Crippen LogP contribution in [0.1, 0.15) is 11.1 Å². The van der Waals surface area contributed by atoms with E-state index in [0.29, 0.717) is 16.5 Å². The average Bonchev–Trinajstić information content (AvgIpc) is 2.79. The Hall–Kier alpha value is -1.49. The van der Waals surface area contributed by atoms with Crippen LogP contribution in [0.15, 0.2) is 48.5 Å². The molecule has 2 amide bonds. The fourth-order valence-corrected chi connectivity index (χ4v) is 3.75. The lowest BCUT2D eigenvalue weighted by atomic mass is 10.1. The number of hydrogen-bond acceptors (Lipinski definition) is 3. The van der Waals surface area contributed by atoms with E-state index < -0.39 is 5.25 Å². The van der Waals surface area contributed by atoms with Crippen molar-refractivity contribution >= 4 is 46.1 Å². The first-order valence-corrected chi connectivity index (χ1v) is 8.68. The lowest BCUT2D eigenvalue weighted by Crippen LogP contribution is -2.31. The predicted octanol–water partition coefficient (Wildman–Crippen LogP) is 4.80. The summed E-state index contributed by atoms with van der Waals surface area (Å²) in [6.45, 7) is 0.210. The highest BCUT2D eigenvalue weighted by atomic mass is 35.5. The maximum Gasteiger partial charge on any atom is 0.289 e. The van der Waals surface area contributed by atoms with Gasteiger partial charge in [0.25, 0.3) is 5.24 Å². The maximum atomic E-state index is 12.5. The van der Waals surface area contributed by atoms with E-state index in [1.807, 2.05) is 30.3 Å². The van der Waals surface area contributed by atoms with Gasteiger partial charge in [0.1, 0.15) is 0 Å². The molecule has 3 rings (SSSR count). The molecule has 1 aliphatic heterocycles. The minimum absolute atomic E-state index is 0.171. The first-order valence-electron chi connectivity index (χ1n) is 7.04. The lowest BCUT2D eigenvalue weighted by molar-refractivity contribution is -0.127. The Kier molecular flexibility index (Phi) is 4.95. The third kappa shape index (κ3) is 3.71. The Bertz CT molecular complexity index is 749. The van der Waals surface area contributed by atoms with Crippen molar-refractivity contribution in [2.45, 2.75) is 18.2 Å². The molecule has 0 bridgehead atoms. The summed E-state index contributed by atoms with van der Waals surface area (Å²) >= 11 is 13.0. The molecule has 1 fully saturated rings. The first kappa shape index (κ1) is 16.4. The van der Waals surface area contributed by atoms with Crippen molar-refractivity contribution in [1.29, 1.82) is 0 Å². The molecule has 0 aromatic heterocycles. The predicted molar refractivity (Wildman–Crippen MR) is 93.9 cm³/mol. The number of carbonyl (C=O) groups excluding carboxylic acids is 2. The number of carbonyl (C=O) groups is 2. The molecule has 0 N–H and O–H groups in total. The van der Waals surface area contributed by atoms with Crippen LogP contribution >= 0.6 is 35.0 Å². The van der Waals surface area contributed by atoms with Gasteiger partial charge in [-0.05, 0) is 35.7 Å². The van der Waals surface area contributed by atoms with E-state index in [-0.39, 0.29) is 17.7 Å². The molecular formula is C17H13Cl2NO2S. The second kappa shape index (κ2) is 6.95. The molecule has 0 saturated carbocycles. The van der Waals surface area contributed by atoms with E-state index in [1.165, 1.54) is 4.90 Å². The quantitative estimate of drug-likeness (QED) is 0.780. The Balaban J connectivity index is 1.72. The molecule has 2 aromatic carbocycles. The number of rotatable bonds is 4. The van der Waals surface area contributed by atoms with E-state index in [1.54, 1.807) is 18.2 Å². The summed E-state index contributed by atoms with van der Waals surface area (Å²) < 4.78 is 0. The van der Waals surface area contributed by atoms with Gasteiger partial charge in [0.15, 0.2) is 0 Å². The molecule has 6 heteroatoms. The van der Waals surface area contributed by atoms with Crippen molar-refractivity contribution in [2.24, 2.45) is 0 Å². The van der Waals surface area contributed by atoms with Crippen LogP contribution < -0.4 is 0 Å². The third-order valence-electron chi connectivity index (χ3n) is 3.63. The van der Waals surface area contributed by atoms with Crippen LogP contribution in [0.5, 0.6) is 0 Å². The van der Waals surface area contributed by atoms with Crippen LogP contribution in [0.2, 0.25) is 10.0 Å². The molecule has 1 saturated heterocycles. The highest BCUT2D eigenvalue weighted by Gasteiger charge is 2.39. The molecule has 118 valence electrons. The van der Waals surface area contributed by atoms with E-state index in [9.17, 15) is 9.59 Å². The zero-order valence-corrected chi connectivity index (χ0v) is 14.4. The van der Waals surface area contributed by atoms with Crippen molar-refractivity contribution < 1.29 is 9.59 Å². The zero-order valence-electron chi connectivity index (χ0n) is 12.0. The topological polar surface area (TPSA) is 37.4 Å². The third-order valence-corrected chi connectivity index (χ3v) is 5.32. The molecule has 1 atom stereocenters. The van der Waals surface area contributed by atoms with Crippen LogP contribution in [-0.2, 0) is 17.8 Å². The fourth-order valence-electron chi connectivity index (χ4n) is 2.40. The Labute approximate surface area is 148 Å². The van der Waals surface area contributed by atoms with Gasteiger partial charge in [0, 0.05) is 10.0 Å².